The molecule has 0 aromatic rings. The van der Waals surface area contributed by atoms with Crippen LogP contribution in [0.25, 0.3) is 0 Å². The van der Waals surface area contributed by atoms with Crippen LogP contribution in [0.4, 0.5) is 0 Å². The molecule has 1 saturated carbocycles. The van der Waals surface area contributed by atoms with Crippen LogP contribution in [0.15, 0.2) is 0 Å². The maximum absolute atomic E-state index is 9.76. The van der Waals surface area contributed by atoms with Crippen LogP contribution in [-0.4, -0.2) is 50.2 Å². The fraction of sp³-hybridized carbons (Fsp3) is 1.00. The minimum Gasteiger partial charge on any atom is -0.389 e. The van der Waals surface area contributed by atoms with E-state index in [2.05, 4.69) is 19.2 Å². The Balaban J connectivity index is 1.82. The molecule has 0 aromatic carbocycles. The maximum atomic E-state index is 9.76. The molecule has 114 valence electrons. The molecule has 1 rings (SSSR count). The highest BCUT2D eigenvalue weighted by molar-refractivity contribution is 4.78. The first-order valence-corrected chi connectivity index (χ1v) is 7.79. The van der Waals surface area contributed by atoms with Gasteiger partial charge in [-0.05, 0) is 25.7 Å². The third kappa shape index (κ3) is 10.3. The van der Waals surface area contributed by atoms with Crippen LogP contribution < -0.4 is 5.32 Å². The van der Waals surface area contributed by atoms with Crippen molar-refractivity contribution < 1.29 is 14.6 Å². The summed E-state index contributed by atoms with van der Waals surface area (Å²) >= 11 is 0. The molecule has 0 heterocycles. The molecule has 0 amide bonds. The number of nitrogens with one attached hydrogen (secondary N) is 1. The molecule has 4 heteroatoms. The molecule has 1 aliphatic rings. The Kier molecular flexibility index (Phi) is 9.43. The average Bonchev–Trinajstić information content (AvgIpc) is 3.19. The van der Waals surface area contributed by atoms with E-state index >= 15 is 0 Å². The van der Waals surface area contributed by atoms with E-state index in [1.165, 1.54) is 19.3 Å². The largest absolute Gasteiger partial charge is 0.389 e. The molecule has 1 aliphatic carbocycles. The van der Waals surface area contributed by atoms with Crippen LogP contribution in [0, 0.1) is 5.92 Å². The zero-order valence-corrected chi connectivity index (χ0v) is 12.6. The second kappa shape index (κ2) is 10.6. The normalized spacial score (nSPS) is 18.5. The van der Waals surface area contributed by atoms with E-state index < -0.39 is 6.10 Å². The van der Waals surface area contributed by atoms with Crippen LogP contribution in [-0.2, 0) is 9.47 Å². The maximum Gasteiger partial charge on any atom is 0.0897 e. The molecule has 0 spiro atoms. The van der Waals surface area contributed by atoms with Gasteiger partial charge in [-0.2, -0.15) is 0 Å². The van der Waals surface area contributed by atoms with E-state index in [0.717, 1.165) is 25.4 Å². The van der Waals surface area contributed by atoms with Gasteiger partial charge in [-0.3, -0.25) is 0 Å². The summed E-state index contributed by atoms with van der Waals surface area (Å²) in [5.74, 6) is 0.927. The highest BCUT2D eigenvalue weighted by Gasteiger charge is 2.23. The lowest BCUT2D eigenvalue weighted by Gasteiger charge is -2.17. The summed E-state index contributed by atoms with van der Waals surface area (Å²) in [6.07, 6.45) is 5.84. The highest BCUT2D eigenvalue weighted by atomic mass is 16.5. The summed E-state index contributed by atoms with van der Waals surface area (Å²) in [5.41, 5.74) is 0. The van der Waals surface area contributed by atoms with Gasteiger partial charge in [0.2, 0.25) is 0 Å². The summed E-state index contributed by atoms with van der Waals surface area (Å²) in [5, 5.41) is 13.1. The molecule has 2 atom stereocenters. The van der Waals surface area contributed by atoms with Gasteiger partial charge < -0.3 is 19.9 Å². The van der Waals surface area contributed by atoms with E-state index in [1.54, 1.807) is 0 Å². The Hall–Kier alpha value is -0.160. The molecule has 0 aliphatic heterocycles. The number of aliphatic hydroxyl groups excluding tert-OH is 1. The minimum atomic E-state index is -0.419. The number of aliphatic hydroxyl groups is 1. The fourth-order valence-electron chi connectivity index (χ4n) is 2.02. The van der Waals surface area contributed by atoms with E-state index in [9.17, 15) is 5.11 Å². The zero-order chi connectivity index (χ0) is 13.9. The molecular formula is C15H31NO3. The summed E-state index contributed by atoms with van der Waals surface area (Å²) in [7, 11) is 0. The predicted molar refractivity (Wildman–Crippen MR) is 77.4 cm³/mol. The molecule has 0 radical (unpaired) electrons. The SMILES string of the molecule is CCCCOCCOCC(O)CNC(C)CC1CC1. The van der Waals surface area contributed by atoms with Crippen LogP contribution in [0.5, 0.6) is 0 Å². The minimum absolute atomic E-state index is 0.389. The fourth-order valence-corrected chi connectivity index (χ4v) is 2.02. The lowest BCUT2D eigenvalue weighted by Crippen LogP contribution is -2.36. The first kappa shape index (κ1) is 16.9. The Morgan fingerprint density at radius 1 is 1.21 bits per heavy atom. The van der Waals surface area contributed by atoms with Crippen molar-refractivity contribution in [2.24, 2.45) is 5.92 Å². The summed E-state index contributed by atoms with van der Waals surface area (Å²) in [6.45, 7) is 7.34. The van der Waals surface area contributed by atoms with Crippen molar-refractivity contribution in [3.8, 4) is 0 Å². The van der Waals surface area contributed by atoms with Crippen LogP contribution in [0.3, 0.4) is 0 Å². The van der Waals surface area contributed by atoms with Gasteiger partial charge in [0.1, 0.15) is 0 Å². The summed E-state index contributed by atoms with van der Waals surface area (Å²) in [4.78, 5) is 0. The van der Waals surface area contributed by atoms with Gasteiger partial charge in [-0.25, -0.2) is 0 Å². The highest BCUT2D eigenvalue weighted by Crippen LogP contribution is 2.33. The molecule has 0 saturated heterocycles. The Morgan fingerprint density at radius 2 is 1.95 bits per heavy atom. The van der Waals surface area contributed by atoms with Gasteiger partial charge >= 0.3 is 0 Å². The van der Waals surface area contributed by atoms with Crippen molar-refractivity contribution in [3.05, 3.63) is 0 Å². The third-order valence-corrected chi connectivity index (χ3v) is 3.41. The lowest BCUT2D eigenvalue weighted by atomic mass is 10.1. The van der Waals surface area contributed by atoms with Crippen molar-refractivity contribution in [2.75, 3.05) is 33.0 Å². The first-order chi connectivity index (χ1) is 9.22. The Labute approximate surface area is 117 Å². The summed E-state index contributed by atoms with van der Waals surface area (Å²) in [6, 6.07) is 0.500. The monoisotopic (exact) mass is 273 g/mol. The topological polar surface area (TPSA) is 50.7 Å². The Bertz CT molecular complexity index is 210. The van der Waals surface area contributed by atoms with Gasteiger partial charge in [0, 0.05) is 19.2 Å². The van der Waals surface area contributed by atoms with Crippen molar-refractivity contribution in [1.82, 2.24) is 5.32 Å². The van der Waals surface area contributed by atoms with E-state index in [-0.39, 0.29) is 0 Å². The number of ether oxygens (including phenoxy) is 2. The molecule has 4 nitrogen and oxygen atoms in total. The molecule has 1 fully saturated rings. The van der Waals surface area contributed by atoms with Crippen molar-refractivity contribution in [2.45, 2.75) is 58.1 Å². The second-order valence-corrected chi connectivity index (χ2v) is 5.68. The molecule has 0 bridgehead atoms. The summed E-state index contributed by atoms with van der Waals surface area (Å²) < 4.78 is 10.8. The van der Waals surface area contributed by atoms with Crippen LogP contribution in [0.2, 0.25) is 0 Å². The van der Waals surface area contributed by atoms with Gasteiger partial charge in [0.15, 0.2) is 0 Å². The molecular weight excluding hydrogens is 242 g/mol. The van der Waals surface area contributed by atoms with Gasteiger partial charge in [0.25, 0.3) is 0 Å². The van der Waals surface area contributed by atoms with Crippen molar-refractivity contribution in [3.63, 3.8) is 0 Å². The molecule has 0 aromatic heterocycles. The van der Waals surface area contributed by atoms with Gasteiger partial charge in [-0.15, -0.1) is 0 Å². The van der Waals surface area contributed by atoms with Crippen LogP contribution >= 0.6 is 0 Å². The van der Waals surface area contributed by atoms with Gasteiger partial charge in [0.05, 0.1) is 25.9 Å². The first-order valence-electron chi connectivity index (χ1n) is 7.79. The standard InChI is InChI=1S/C15H31NO3/c1-3-4-7-18-8-9-19-12-15(17)11-16-13(2)10-14-5-6-14/h13-17H,3-12H2,1-2H3. The van der Waals surface area contributed by atoms with E-state index in [0.29, 0.717) is 32.4 Å². The lowest BCUT2D eigenvalue weighted by molar-refractivity contribution is 0.00323. The number of rotatable bonds is 13. The predicted octanol–water partition coefficient (Wildman–Crippen LogP) is 1.96. The molecule has 19 heavy (non-hydrogen) atoms. The van der Waals surface area contributed by atoms with Crippen LogP contribution in [0.1, 0.15) is 46.0 Å². The average molecular weight is 273 g/mol. The number of hydrogen-bond donors (Lipinski definition) is 2. The number of unbranched alkanes of at least 4 members (excludes halogenated alkanes) is 1. The number of hydrogen-bond acceptors (Lipinski definition) is 4. The quantitative estimate of drug-likeness (QED) is 0.504. The van der Waals surface area contributed by atoms with Crippen molar-refractivity contribution in [1.29, 1.82) is 0 Å². The van der Waals surface area contributed by atoms with Gasteiger partial charge in [-0.1, -0.05) is 26.2 Å². The van der Waals surface area contributed by atoms with E-state index in [1.807, 2.05) is 0 Å². The Morgan fingerprint density at radius 3 is 2.63 bits per heavy atom. The smallest absolute Gasteiger partial charge is 0.0897 e. The zero-order valence-electron chi connectivity index (χ0n) is 12.6. The van der Waals surface area contributed by atoms with E-state index in [4.69, 9.17) is 9.47 Å². The second-order valence-electron chi connectivity index (χ2n) is 5.68. The molecule has 2 N–H and O–H groups in total. The van der Waals surface area contributed by atoms with Crippen molar-refractivity contribution >= 4 is 0 Å². The molecule has 2 unspecified atom stereocenters. The third-order valence-electron chi connectivity index (χ3n) is 3.41.